The fraction of sp³-hybridized carbons (Fsp3) is 0.333. The number of methoxy groups -OCH3 is 1. The van der Waals surface area contributed by atoms with Crippen molar-refractivity contribution in [2.75, 3.05) is 13.7 Å². The van der Waals surface area contributed by atoms with Crippen molar-refractivity contribution in [1.29, 1.82) is 0 Å². The number of amides is 2. The molecule has 0 radical (unpaired) electrons. The molecule has 1 aromatic rings. The second-order valence-corrected chi connectivity index (χ2v) is 3.32. The molecular weight excluding hydrogens is 226 g/mol. The Hall–Kier alpha value is -2.22. The van der Waals surface area contributed by atoms with Crippen LogP contribution in [0.5, 0.6) is 0 Å². The third-order valence-corrected chi connectivity index (χ3v) is 2.06. The van der Waals surface area contributed by atoms with Crippen LogP contribution in [0.25, 0.3) is 0 Å². The zero-order valence-corrected chi connectivity index (χ0v) is 9.14. The minimum absolute atomic E-state index is 0.117. The number of nitrogens with zero attached hydrogens (tertiary/aromatic N) is 3. The Labute approximate surface area is 96.7 Å². The Bertz CT molecular complexity index is 461. The van der Waals surface area contributed by atoms with Crippen LogP contribution in [0.1, 0.15) is 0 Å². The van der Waals surface area contributed by atoms with Gasteiger partial charge < -0.3 is 4.74 Å². The molecule has 90 valence electrons. The van der Waals surface area contributed by atoms with Crippen LogP contribution in [0, 0.1) is 0 Å². The number of ether oxygens (including phenoxy) is 1. The van der Waals surface area contributed by atoms with E-state index >= 15 is 0 Å². The van der Waals surface area contributed by atoms with E-state index in [4.69, 9.17) is 4.74 Å². The quantitative estimate of drug-likeness (QED) is 0.640. The molecule has 1 aliphatic rings. The second kappa shape index (κ2) is 4.74. The summed E-state index contributed by atoms with van der Waals surface area (Å²) in [6.45, 7) is 1.16. The van der Waals surface area contributed by atoms with E-state index in [0.717, 1.165) is 0 Å². The fourth-order valence-corrected chi connectivity index (χ4v) is 1.26. The highest BCUT2D eigenvalue weighted by Crippen LogP contribution is 2.09. The molecule has 8 nitrogen and oxygen atoms in total. The van der Waals surface area contributed by atoms with Gasteiger partial charge in [0.2, 0.25) is 5.96 Å². The first-order chi connectivity index (χ1) is 8.19. The highest BCUT2D eigenvalue weighted by molar-refractivity contribution is 6.45. The molecule has 0 atom stereocenters. The Morgan fingerprint density at radius 2 is 2.12 bits per heavy atom. The summed E-state index contributed by atoms with van der Waals surface area (Å²) < 4.78 is 6.56. The zero-order valence-electron chi connectivity index (χ0n) is 9.14. The van der Waals surface area contributed by atoms with Crippen LogP contribution >= 0.6 is 0 Å². The second-order valence-electron chi connectivity index (χ2n) is 3.32. The van der Waals surface area contributed by atoms with Crippen molar-refractivity contribution in [3.8, 4) is 0 Å². The number of carbonyl (C=O) groups excluding carboxylic acids is 2. The van der Waals surface area contributed by atoms with E-state index in [-0.39, 0.29) is 5.96 Å². The summed E-state index contributed by atoms with van der Waals surface area (Å²) in [7, 11) is 1.61. The van der Waals surface area contributed by atoms with Crippen molar-refractivity contribution in [1.82, 2.24) is 20.4 Å². The van der Waals surface area contributed by atoms with Crippen LogP contribution in [0.4, 0.5) is 5.69 Å². The lowest BCUT2D eigenvalue weighted by Crippen LogP contribution is -2.24. The number of aromatic nitrogens is 2. The summed E-state index contributed by atoms with van der Waals surface area (Å²) in [6, 6.07) is 0. The van der Waals surface area contributed by atoms with Gasteiger partial charge >= 0.3 is 11.8 Å². The van der Waals surface area contributed by atoms with Gasteiger partial charge in [-0.25, -0.2) is 4.99 Å². The topological polar surface area (TPSA) is 97.6 Å². The molecule has 0 aromatic carbocycles. The van der Waals surface area contributed by atoms with Gasteiger partial charge in [0.25, 0.3) is 0 Å². The molecule has 17 heavy (non-hydrogen) atoms. The van der Waals surface area contributed by atoms with E-state index in [1.165, 1.54) is 6.20 Å². The summed E-state index contributed by atoms with van der Waals surface area (Å²) in [5.74, 6) is -1.31. The molecule has 1 aliphatic heterocycles. The summed E-state index contributed by atoms with van der Waals surface area (Å²) >= 11 is 0. The minimum Gasteiger partial charge on any atom is -0.383 e. The van der Waals surface area contributed by atoms with Gasteiger partial charge in [-0.3, -0.25) is 24.9 Å². The summed E-state index contributed by atoms with van der Waals surface area (Å²) in [5, 5.41) is 8.62. The first kappa shape index (κ1) is 11.3. The van der Waals surface area contributed by atoms with Gasteiger partial charge in [-0.05, 0) is 0 Å². The molecule has 1 fully saturated rings. The maximum atomic E-state index is 10.9. The molecule has 2 rings (SSSR count). The van der Waals surface area contributed by atoms with Gasteiger partial charge in [-0.15, -0.1) is 0 Å². The van der Waals surface area contributed by atoms with Gasteiger partial charge in [0.15, 0.2) is 0 Å². The van der Waals surface area contributed by atoms with Gasteiger partial charge in [0.1, 0.15) is 5.69 Å². The third-order valence-electron chi connectivity index (χ3n) is 2.06. The molecule has 0 spiro atoms. The maximum absolute atomic E-state index is 10.9. The smallest absolute Gasteiger partial charge is 0.316 e. The first-order valence-corrected chi connectivity index (χ1v) is 4.91. The number of carbonyl (C=O) groups is 2. The van der Waals surface area contributed by atoms with Crippen LogP contribution in [0.15, 0.2) is 17.4 Å². The lowest BCUT2D eigenvalue weighted by atomic mass is 10.6. The molecule has 2 amide bonds. The van der Waals surface area contributed by atoms with Crippen molar-refractivity contribution in [2.45, 2.75) is 6.54 Å². The van der Waals surface area contributed by atoms with Gasteiger partial charge in [0, 0.05) is 7.11 Å². The van der Waals surface area contributed by atoms with Crippen molar-refractivity contribution in [2.24, 2.45) is 4.99 Å². The van der Waals surface area contributed by atoms with Crippen LogP contribution in [0.3, 0.4) is 0 Å². The molecular formula is C9H11N5O3. The molecule has 1 aromatic heterocycles. The molecule has 0 aliphatic carbocycles. The van der Waals surface area contributed by atoms with E-state index in [1.54, 1.807) is 18.0 Å². The number of nitrogens with one attached hydrogen (secondary N) is 2. The number of aliphatic imine (C=N–C) groups is 1. The Morgan fingerprint density at radius 3 is 2.76 bits per heavy atom. The van der Waals surface area contributed by atoms with Crippen molar-refractivity contribution in [3.05, 3.63) is 12.4 Å². The van der Waals surface area contributed by atoms with E-state index in [9.17, 15) is 9.59 Å². The van der Waals surface area contributed by atoms with Crippen LogP contribution in [-0.4, -0.2) is 41.3 Å². The number of hydrogen-bond donors (Lipinski definition) is 2. The van der Waals surface area contributed by atoms with E-state index < -0.39 is 11.8 Å². The number of rotatable bonds is 4. The normalized spacial score (nSPS) is 14.8. The molecule has 0 saturated carbocycles. The summed E-state index contributed by atoms with van der Waals surface area (Å²) in [5.41, 5.74) is 0.540. The Morgan fingerprint density at radius 1 is 1.41 bits per heavy atom. The van der Waals surface area contributed by atoms with Crippen molar-refractivity contribution in [3.63, 3.8) is 0 Å². The molecule has 2 N–H and O–H groups in total. The number of guanidine groups is 1. The van der Waals surface area contributed by atoms with Crippen molar-refractivity contribution < 1.29 is 14.3 Å². The summed E-state index contributed by atoms with van der Waals surface area (Å²) in [6.07, 6.45) is 3.21. The monoisotopic (exact) mass is 237 g/mol. The number of hydrogen-bond acceptors (Lipinski definition) is 5. The zero-order chi connectivity index (χ0) is 12.3. The average molecular weight is 237 g/mol. The largest absolute Gasteiger partial charge is 0.383 e. The van der Waals surface area contributed by atoms with E-state index in [0.29, 0.717) is 18.8 Å². The van der Waals surface area contributed by atoms with Gasteiger partial charge in [-0.2, -0.15) is 5.10 Å². The Balaban J connectivity index is 2.04. The summed E-state index contributed by atoms with van der Waals surface area (Å²) in [4.78, 5) is 25.8. The molecule has 8 heteroatoms. The van der Waals surface area contributed by atoms with E-state index in [1.807, 2.05) is 0 Å². The molecule has 2 heterocycles. The van der Waals surface area contributed by atoms with E-state index in [2.05, 4.69) is 20.7 Å². The van der Waals surface area contributed by atoms with Crippen LogP contribution in [-0.2, 0) is 20.9 Å². The van der Waals surface area contributed by atoms with Crippen LogP contribution < -0.4 is 10.6 Å². The average Bonchev–Trinajstić information content (AvgIpc) is 2.85. The SMILES string of the molecule is COCCn1cc(N=C2NC(=O)C(=O)N2)cn1. The third kappa shape index (κ3) is 2.67. The predicted molar refractivity (Wildman–Crippen MR) is 57.5 cm³/mol. The highest BCUT2D eigenvalue weighted by Gasteiger charge is 2.25. The lowest BCUT2D eigenvalue weighted by Gasteiger charge is -1.97. The van der Waals surface area contributed by atoms with Crippen molar-refractivity contribution >= 4 is 23.5 Å². The predicted octanol–water partition coefficient (Wildman–Crippen LogP) is -1.24. The first-order valence-electron chi connectivity index (χ1n) is 4.91. The molecule has 1 saturated heterocycles. The lowest BCUT2D eigenvalue weighted by molar-refractivity contribution is -0.135. The highest BCUT2D eigenvalue weighted by atomic mass is 16.5. The van der Waals surface area contributed by atoms with Crippen LogP contribution in [0.2, 0.25) is 0 Å². The Kier molecular flexibility index (Phi) is 3.15. The minimum atomic E-state index is -0.712. The maximum Gasteiger partial charge on any atom is 0.316 e. The fourth-order valence-electron chi connectivity index (χ4n) is 1.26. The van der Waals surface area contributed by atoms with Gasteiger partial charge in [-0.1, -0.05) is 0 Å². The molecule has 0 bridgehead atoms. The molecule has 0 unspecified atom stereocenters. The standard InChI is InChI=1S/C9H11N5O3/c1-17-3-2-14-5-6(4-10-14)11-9-12-7(15)8(16)13-9/h4-5H,2-3H2,1H3,(H2,11,12,13,15,16). The van der Waals surface area contributed by atoms with Gasteiger partial charge in [0.05, 0.1) is 25.5 Å².